The van der Waals surface area contributed by atoms with Crippen LogP contribution in [-0.4, -0.2) is 22.9 Å². The van der Waals surface area contributed by atoms with Gasteiger partial charge < -0.3 is 4.74 Å². The van der Waals surface area contributed by atoms with Crippen molar-refractivity contribution in [2.45, 2.75) is 13.0 Å². The summed E-state index contributed by atoms with van der Waals surface area (Å²) in [5.41, 5.74) is 3.66. The molecule has 23 heavy (non-hydrogen) atoms. The van der Waals surface area contributed by atoms with Crippen LogP contribution in [0.3, 0.4) is 0 Å². The van der Waals surface area contributed by atoms with Gasteiger partial charge in [-0.2, -0.15) is 5.10 Å². The Hall–Kier alpha value is -2.88. The summed E-state index contributed by atoms with van der Waals surface area (Å²) >= 11 is 0. The topological polar surface area (TPSA) is 44.1 Å². The van der Waals surface area contributed by atoms with Crippen molar-refractivity contribution in [2.24, 2.45) is 0 Å². The average molecular weight is 306 g/mol. The predicted octanol–water partition coefficient (Wildman–Crippen LogP) is 3.31. The van der Waals surface area contributed by atoms with Gasteiger partial charge in [-0.25, -0.2) is 4.79 Å². The Balaban J connectivity index is 1.95. The van der Waals surface area contributed by atoms with Gasteiger partial charge in [0.25, 0.3) is 0 Å². The molecule has 1 aromatic heterocycles. The molecule has 0 bridgehead atoms. The SMILES string of the molecule is COC(=O)c1cnn(Cc2ccccc2)c1Cc1ccccc1. The fourth-order valence-corrected chi connectivity index (χ4v) is 2.56. The molecule has 0 atom stereocenters. The molecular weight excluding hydrogens is 288 g/mol. The molecule has 0 amide bonds. The molecule has 0 spiro atoms. The molecule has 2 aromatic carbocycles. The molecule has 116 valence electrons. The number of carbonyl (C=O) groups excluding carboxylic acids is 1. The molecule has 3 aromatic rings. The molecule has 0 radical (unpaired) electrons. The van der Waals surface area contributed by atoms with Crippen molar-refractivity contribution in [3.63, 3.8) is 0 Å². The molecule has 1 heterocycles. The van der Waals surface area contributed by atoms with Gasteiger partial charge in [0.1, 0.15) is 5.56 Å². The first-order chi connectivity index (χ1) is 11.3. The van der Waals surface area contributed by atoms with E-state index in [2.05, 4.69) is 5.10 Å². The third kappa shape index (κ3) is 3.48. The highest BCUT2D eigenvalue weighted by Crippen LogP contribution is 2.17. The van der Waals surface area contributed by atoms with Gasteiger partial charge in [0, 0.05) is 6.42 Å². The molecule has 0 aliphatic heterocycles. The lowest BCUT2D eigenvalue weighted by Gasteiger charge is -2.10. The van der Waals surface area contributed by atoms with E-state index in [9.17, 15) is 4.79 Å². The zero-order valence-corrected chi connectivity index (χ0v) is 13.0. The molecule has 0 N–H and O–H groups in total. The lowest BCUT2D eigenvalue weighted by molar-refractivity contribution is 0.0599. The van der Waals surface area contributed by atoms with Crippen LogP contribution >= 0.6 is 0 Å². The smallest absolute Gasteiger partial charge is 0.341 e. The van der Waals surface area contributed by atoms with E-state index in [4.69, 9.17) is 4.74 Å². The third-order valence-corrected chi connectivity index (χ3v) is 3.74. The zero-order chi connectivity index (χ0) is 16.1. The molecule has 0 aliphatic rings. The predicted molar refractivity (Wildman–Crippen MR) is 88.4 cm³/mol. The number of hydrogen-bond donors (Lipinski definition) is 0. The van der Waals surface area contributed by atoms with Crippen molar-refractivity contribution in [1.29, 1.82) is 0 Å². The van der Waals surface area contributed by atoms with Crippen LogP contribution in [0.4, 0.5) is 0 Å². The number of esters is 1. The summed E-state index contributed by atoms with van der Waals surface area (Å²) in [4.78, 5) is 12.0. The number of nitrogens with zero attached hydrogens (tertiary/aromatic N) is 2. The van der Waals surface area contributed by atoms with Crippen LogP contribution in [-0.2, 0) is 17.7 Å². The van der Waals surface area contributed by atoms with Crippen molar-refractivity contribution in [3.8, 4) is 0 Å². The average Bonchev–Trinajstić information content (AvgIpc) is 2.98. The summed E-state index contributed by atoms with van der Waals surface area (Å²) in [6.45, 7) is 0.625. The number of benzene rings is 2. The maximum Gasteiger partial charge on any atom is 0.341 e. The molecule has 0 fully saturated rings. The van der Waals surface area contributed by atoms with Gasteiger partial charge in [-0.05, 0) is 11.1 Å². The largest absolute Gasteiger partial charge is 0.465 e. The van der Waals surface area contributed by atoms with Crippen molar-refractivity contribution >= 4 is 5.97 Å². The zero-order valence-electron chi connectivity index (χ0n) is 13.0. The van der Waals surface area contributed by atoms with Gasteiger partial charge in [0.15, 0.2) is 0 Å². The van der Waals surface area contributed by atoms with E-state index < -0.39 is 0 Å². The lowest BCUT2D eigenvalue weighted by Crippen LogP contribution is -2.11. The normalized spacial score (nSPS) is 10.5. The number of rotatable bonds is 5. The standard InChI is InChI=1S/C19H18N2O2/c1-23-19(22)17-13-20-21(14-16-10-6-3-7-11-16)18(17)12-15-8-4-2-5-9-15/h2-11,13H,12,14H2,1H3. The van der Waals surface area contributed by atoms with Gasteiger partial charge in [-0.15, -0.1) is 0 Å². The number of methoxy groups -OCH3 is 1. The van der Waals surface area contributed by atoms with Crippen LogP contribution in [0.25, 0.3) is 0 Å². The van der Waals surface area contributed by atoms with Crippen LogP contribution in [0.15, 0.2) is 66.9 Å². The minimum atomic E-state index is -0.352. The van der Waals surface area contributed by atoms with Gasteiger partial charge in [0.2, 0.25) is 0 Å². The molecule has 0 aliphatic carbocycles. The van der Waals surface area contributed by atoms with Crippen molar-refractivity contribution in [2.75, 3.05) is 7.11 Å². The molecule has 4 heteroatoms. The van der Waals surface area contributed by atoms with E-state index in [-0.39, 0.29) is 5.97 Å². The Kier molecular flexibility index (Phi) is 4.52. The Morgan fingerprint density at radius 1 is 1.00 bits per heavy atom. The van der Waals surface area contributed by atoms with Crippen molar-refractivity contribution in [1.82, 2.24) is 9.78 Å². The van der Waals surface area contributed by atoms with Crippen LogP contribution < -0.4 is 0 Å². The Labute approximate surface area is 135 Å². The molecule has 0 unspecified atom stereocenters. The summed E-state index contributed by atoms with van der Waals surface area (Å²) in [6, 6.07) is 20.1. The maximum absolute atomic E-state index is 12.0. The summed E-state index contributed by atoms with van der Waals surface area (Å²) in [5.74, 6) is -0.352. The minimum absolute atomic E-state index is 0.352. The van der Waals surface area contributed by atoms with Crippen LogP contribution in [0, 0.1) is 0 Å². The first-order valence-corrected chi connectivity index (χ1v) is 7.49. The summed E-state index contributed by atoms with van der Waals surface area (Å²) in [7, 11) is 1.39. The van der Waals surface area contributed by atoms with Crippen LogP contribution in [0.2, 0.25) is 0 Å². The Morgan fingerprint density at radius 3 is 2.22 bits per heavy atom. The second-order valence-corrected chi connectivity index (χ2v) is 5.30. The fraction of sp³-hybridized carbons (Fsp3) is 0.158. The quantitative estimate of drug-likeness (QED) is 0.679. The number of carbonyl (C=O) groups is 1. The van der Waals surface area contributed by atoms with Crippen LogP contribution in [0.1, 0.15) is 27.2 Å². The molecule has 0 saturated heterocycles. The van der Waals surface area contributed by atoms with Gasteiger partial charge in [-0.1, -0.05) is 60.7 Å². The molecular formula is C19H18N2O2. The Morgan fingerprint density at radius 2 is 1.61 bits per heavy atom. The van der Waals surface area contributed by atoms with Crippen molar-refractivity contribution < 1.29 is 9.53 Å². The van der Waals surface area contributed by atoms with Gasteiger partial charge >= 0.3 is 5.97 Å². The second kappa shape index (κ2) is 6.92. The highest BCUT2D eigenvalue weighted by Gasteiger charge is 2.18. The van der Waals surface area contributed by atoms with Gasteiger partial charge in [-0.3, -0.25) is 4.68 Å². The highest BCUT2D eigenvalue weighted by atomic mass is 16.5. The van der Waals surface area contributed by atoms with Crippen molar-refractivity contribution in [3.05, 3.63) is 89.2 Å². The summed E-state index contributed by atoms with van der Waals surface area (Å²) in [6.07, 6.45) is 2.23. The molecule has 4 nitrogen and oxygen atoms in total. The van der Waals surface area contributed by atoms with E-state index >= 15 is 0 Å². The second-order valence-electron chi connectivity index (χ2n) is 5.30. The van der Waals surface area contributed by atoms with E-state index in [0.717, 1.165) is 16.8 Å². The van der Waals surface area contributed by atoms with Crippen LogP contribution in [0.5, 0.6) is 0 Å². The third-order valence-electron chi connectivity index (χ3n) is 3.74. The van der Waals surface area contributed by atoms with E-state index in [0.29, 0.717) is 18.5 Å². The van der Waals surface area contributed by atoms with E-state index in [1.165, 1.54) is 7.11 Å². The number of ether oxygens (including phenoxy) is 1. The summed E-state index contributed by atoms with van der Waals surface area (Å²) in [5, 5.41) is 4.39. The number of hydrogen-bond acceptors (Lipinski definition) is 3. The summed E-state index contributed by atoms with van der Waals surface area (Å²) < 4.78 is 6.76. The minimum Gasteiger partial charge on any atom is -0.465 e. The van der Waals surface area contributed by atoms with E-state index in [1.54, 1.807) is 6.20 Å². The lowest BCUT2D eigenvalue weighted by atomic mass is 10.1. The van der Waals surface area contributed by atoms with E-state index in [1.807, 2.05) is 65.3 Å². The first kappa shape index (κ1) is 15.0. The number of aromatic nitrogens is 2. The highest BCUT2D eigenvalue weighted by molar-refractivity contribution is 5.90. The molecule has 3 rings (SSSR count). The van der Waals surface area contributed by atoms with Gasteiger partial charge in [0.05, 0.1) is 25.5 Å². The first-order valence-electron chi connectivity index (χ1n) is 7.49. The Bertz CT molecular complexity index is 780. The monoisotopic (exact) mass is 306 g/mol. The molecule has 0 saturated carbocycles. The fourth-order valence-electron chi connectivity index (χ4n) is 2.56. The maximum atomic E-state index is 12.0.